The Hall–Kier alpha value is -1.66. The third kappa shape index (κ3) is 3.08. The van der Waals surface area contributed by atoms with Crippen LogP contribution in [0.25, 0.3) is 11.5 Å². The van der Waals surface area contributed by atoms with Gasteiger partial charge in [-0.3, -0.25) is 4.79 Å². The molecule has 1 fully saturated rings. The molecule has 0 saturated carbocycles. The smallest absolute Gasteiger partial charge is 0.229 e. The molecule has 1 atom stereocenters. The van der Waals surface area contributed by atoms with E-state index in [1.54, 1.807) is 11.3 Å². The van der Waals surface area contributed by atoms with Crippen LogP contribution in [0.3, 0.4) is 0 Å². The Morgan fingerprint density at radius 2 is 2.32 bits per heavy atom. The fourth-order valence-corrected chi connectivity index (χ4v) is 3.49. The number of carbonyl (C=O) groups excluding carboxylic acids is 1. The Kier molecular flexibility index (Phi) is 4.31. The van der Waals surface area contributed by atoms with E-state index in [4.69, 9.17) is 4.42 Å². The number of rotatable bonds is 3. The zero-order valence-corrected chi connectivity index (χ0v) is 14.0. The van der Waals surface area contributed by atoms with Gasteiger partial charge in [0.25, 0.3) is 0 Å². The predicted molar refractivity (Wildman–Crippen MR) is 86.9 cm³/mol. The van der Waals surface area contributed by atoms with Crippen molar-refractivity contribution >= 4 is 17.2 Å². The van der Waals surface area contributed by atoms with Crippen molar-refractivity contribution < 1.29 is 9.21 Å². The van der Waals surface area contributed by atoms with E-state index >= 15 is 0 Å². The predicted octanol–water partition coefficient (Wildman–Crippen LogP) is 2.42. The Bertz CT molecular complexity index is 650. The maximum Gasteiger partial charge on any atom is 0.229 e. The Morgan fingerprint density at radius 3 is 3.00 bits per heavy atom. The molecule has 0 bridgehead atoms. The van der Waals surface area contributed by atoms with Crippen LogP contribution in [0.1, 0.15) is 18.4 Å². The fraction of sp³-hybridized carbons (Fsp3) is 0.500. The van der Waals surface area contributed by atoms with Gasteiger partial charge in [0.2, 0.25) is 11.8 Å². The highest BCUT2D eigenvalue weighted by molar-refractivity contribution is 7.08. The highest BCUT2D eigenvalue weighted by Gasteiger charge is 2.27. The van der Waals surface area contributed by atoms with E-state index in [0.29, 0.717) is 12.3 Å². The third-order valence-corrected chi connectivity index (χ3v) is 4.81. The number of hydrogen-bond donors (Lipinski definition) is 0. The number of carbonyl (C=O) groups is 1. The van der Waals surface area contributed by atoms with Gasteiger partial charge in [0, 0.05) is 36.6 Å². The topological polar surface area (TPSA) is 49.6 Å². The molecule has 0 aromatic carbocycles. The summed E-state index contributed by atoms with van der Waals surface area (Å²) in [4.78, 5) is 21.3. The molecule has 22 heavy (non-hydrogen) atoms. The third-order valence-electron chi connectivity index (χ3n) is 4.13. The van der Waals surface area contributed by atoms with E-state index in [2.05, 4.69) is 23.9 Å². The van der Waals surface area contributed by atoms with Gasteiger partial charge in [0.15, 0.2) is 0 Å². The molecule has 6 heteroatoms. The summed E-state index contributed by atoms with van der Waals surface area (Å²) >= 11 is 1.61. The minimum Gasteiger partial charge on any atom is -0.441 e. The van der Waals surface area contributed by atoms with Crippen LogP contribution in [0, 0.1) is 6.92 Å². The van der Waals surface area contributed by atoms with Crippen molar-refractivity contribution in [2.24, 2.45) is 0 Å². The van der Waals surface area contributed by atoms with E-state index in [1.165, 1.54) is 0 Å². The summed E-state index contributed by atoms with van der Waals surface area (Å²) in [5, 5.41) is 3.99. The molecular formula is C16H21N3O2S. The number of nitrogens with zero attached hydrogens (tertiary/aromatic N) is 3. The molecule has 1 aliphatic heterocycles. The first-order valence-electron chi connectivity index (χ1n) is 7.51. The number of amides is 1. The molecule has 2 aromatic heterocycles. The van der Waals surface area contributed by atoms with E-state index in [1.807, 2.05) is 28.7 Å². The van der Waals surface area contributed by atoms with Gasteiger partial charge in [0.1, 0.15) is 5.76 Å². The SMILES string of the molecule is Cc1oc(-c2ccsc2)nc1CC(=O)N1CCN(C)C[C@H]1C. The number of aryl methyl sites for hydroxylation is 1. The van der Waals surface area contributed by atoms with Gasteiger partial charge in [-0.15, -0.1) is 0 Å². The van der Waals surface area contributed by atoms with Crippen LogP contribution in [0.5, 0.6) is 0 Å². The number of piperazine rings is 1. The minimum atomic E-state index is 0.133. The van der Waals surface area contributed by atoms with Crippen LogP contribution >= 0.6 is 11.3 Å². The van der Waals surface area contributed by atoms with Gasteiger partial charge in [0.05, 0.1) is 12.1 Å². The first kappa shape index (κ1) is 15.2. The van der Waals surface area contributed by atoms with E-state index < -0.39 is 0 Å². The van der Waals surface area contributed by atoms with E-state index in [9.17, 15) is 4.79 Å². The summed E-state index contributed by atoms with van der Waals surface area (Å²) in [6.07, 6.45) is 0.313. The fourth-order valence-electron chi connectivity index (χ4n) is 2.86. The van der Waals surface area contributed by atoms with Crippen LogP contribution in [-0.2, 0) is 11.2 Å². The number of aromatic nitrogens is 1. The van der Waals surface area contributed by atoms with Crippen LogP contribution in [0.4, 0.5) is 0 Å². The highest BCUT2D eigenvalue weighted by Crippen LogP contribution is 2.24. The normalized spacial score (nSPS) is 19.6. The molecule has 0 aliphatic carbocycles. The number of hydrogen-bond acceptors (Lipinski definition) is 5. The lowest BCUT2D eigenvalue weighted by atomic mass is 10.1. The van der Waals surface area contributed by atoms with Crippen molar-refractivity contribution in [1.29, 1.82) is 0 Å². The van der Waals surface area contributed by atoms with Crippen molar-refractivity contribution in [3.05, 3.63) is 28.3 Å². The van der Waals surface area contributed by atoms with Gasteiger partial charge < -0.3 is 14.2 Å². The Morgan fingerprint density at radius 1 is 1.50 bits per heavy atom. The summed E-state index contributed by atoms with van der Waals surface area (Å²) < 4.78 is 5.71. The minimum absolute atomic E-state index is 0.133. The first-order chi connectivity index (χ1) is 10.5. The second-order valence-electron chi connectivity index (χ2n) is 5.91. The average molecular weight is 319 g/mol. The summed E-state index contributed by atoms with van der Waals surface area (Å²) in [5.74, 6) is 1.47. The Labute approximate surface area is 134 Å². The lowest BCUT2D eigenvalue weighted by molar-refractivity contribution is -0.134. The number of oxazole rings is 1. The molecule has 0 unspecified atom stereocenters. The molecule has 1 saturated heterocycles. The maximum absolute atomic E-state index is 12.6. The average Bonchev–Trinajstić information content (AvgIpc) is 3.09. The lowest BCUT2D eigenvalue weighted by Crippen LogP contribution is -2.53. The maximum atomic E-state index is 12.6. The lowest BCUT2D eigenvalue weighted by Gasteiger charge is -2.38. The van der Waals surface area contributed by atoms with Crippen molar-refractivity contribution in [1.82, 2.24) is 14.8 Å². The van der Waals surface area contributed by atoms with Crippen molar-refractivity contribution in [3.63, 3.8) is 0 Å². The molecule has 3 heterocycles. The summed E-state index contributed by atoms with van der Waals surface area (Å²) in [7, 11) is 2.09. The van der Waals surface area contributed by atoms with E-state index in [-0.39, 0.29) is 11.9 Å². The zero-order valence-electron chi connectivity index (χ0n) is 13.2. The zero-order chi connectivity index (χ0) is 15.7. The second-order valence-corrected chi connectivity index (χ2v) is 6.69. The van der Waals surface area contributed by atoms with Gasteiger partial charge in [-0.25, -0.2) is 4.98 Å². The Balaban J connectivity index is 1.72. The quantitative estimate of drug-likeness (QED) is 0.872. The first-order valence-corrected chi connectivity index (χ1v) is 8.45. The molecule has 0 radical (unpaired) electrons. The van der Waals surface area contributed by atoms with Gasteiger partial charge in [-0.05, 0) is 32.3 Å². The van der Waals surface area contributed by atoms with Crippen LogP contribution in [0.15, 0.2) is 21.2 Å². The van der Waals surface area contributed by atoms with Crippen LogP contribution in [0.2, 0.25) is 0 Å². The van der Waals surface area contributed by atoms with Gasteiger partial charge in [-0.1, -0.05) is 0 Å². The van der Waals surface area contributed by atoms with E-state index in [0.717, 1.165) is 36.7 Å². The van der Waals surface area contributed by atoms with Crippen LogP contribution in [-0.4, -0.2) is 53.4 Å². The largest absolute Gasteiger partial charge is 0.441 e. The molecule has 5 nitrogen and oxygen atoms in total. The molecular weight excluding hydrogens is 298 g/mol. The summed E-state index contributed by atoms with van der Waals surface area (Å²) in [6.45, 7) is 6.60. The highest BCUT2D eigenvalue weighted by atomic mass is 32.1. The van der Waals surface area contributed by atoms with Gasteiger partial charge >= 0.3 is 0 Å². The molecule has 0 N–H and O–H groups in total. The molecule has 1 amide bonds. The van der Waals surface area contributed by atoms with Crippen molar-refractivity contribution in [2.45, 2.75) is 26.3 Å². The molecule has 0 spiro atoms. The van der Waals surface area contributed by atoms with Crippen molar-refractivity contribution in [2.75, 3.05) is 26.7 Å². The summed E-state index contributed by atoms with van der Waals surface area (Å²) in [5.41, 5.74) is 1.72. The molecule has 118 valence electrons. The van der Waals surface area contributed by atoms with Crippen LogP contribution < -0.4 is 0 Å². The molecule has 3 rings (SSSR count). The monoisotopic (exact) mass is 319 g/mol. The standard InChI is InChI=1S/C16H21N3O2S/c1-11-9-18(3)5-6-19(11)15(20)8-14-12(2)21-16(17-14)13-4-7-22-10-13/h4,7,10-11H,5-6,8-9H2,1-3H3/t11-/m1/s1. The number of likely N-dealkylation sites (N-methyl/N-ethyl adjacent to an activating group) is 1. The summed E-state index contributed by atoms with van der Waals surface area (Å²) in [6, 6.07) is 2.22. The van der Waals surface area contributed by atoms with Gasteiger partial charge in [-0.2, -0.15) is 11.3 Å². The number of thiophene rings is 1. The molecule has 2 aromatic rings. The second kappa shape index (κ2) is 6.22. The molecule has 1 aliphatic rings. The van der Waals surface area contributed by atoms with Crippen molar-refractivity contribution in [3.8, 4) is 11.5 Å².